The van der Waals surface area contributed by atoms with Crippen LogP contribution in [0.4, 0.5) is 44.2 Å². The largest absolute Gasteiger partial charge is 0.416 e. The van der Waals surface area contributed by atoms with Crippen LogP contribution in [0, 0.1) is 5.82 Å². The quantitative estimate of drug-likeness (QED) is 0.301. The summed E-state index contributed by atoms with van der Waals surface area (Å²) >= 11 is 11.7. The number of benzene rings is 3. The summed E-state index contributed by atoms with van der Waals surface area (Å²) in [5, 5.41) is 7.87. The van der Waals surface area contributed by atoms with Gasteiger partial charge >= 0.3 is 18.2 Å². The Balaban J connectivity index is 1.74. The molecule has 0 heterocycles. The minimum Gasteiger partial charge on any atom is -0.336 e. The summed E-state index contributed by atoms with van der Waals surface area (Å²) in [6.07, 6.45) is -4.64. The van der Waals surface area contributed by atoms with Crippen LogP contribution in [-0.4, -0.2) is 25.2 Å². The molecule has 6 nitrogen and oxygen atoms in total. The normalized spacial score (nSPS) is 11.0. The van der Waals surface area contributed by atoms with Crippen LogP contribution in [0.25, 0.3) is 0 Å². The summed E-state index contributed by atoms with van der Waals surface area (Å²) in [5.74, 6) is -0.719. The Hall–Kier alpha value is -3.50. The summed E-state index contributed by atoms with van der Waals surface area (Å²) in [4.78, 5) is 26.0. The molecule has 4 amide bonds. The summed E-state index contributed by atoms with van der Waals surface area (Å²) in [6, 6.07) is 12.3. The molecule has 0 fully saturated rings. The minimum atomic E-state index is -4.64. The number of hydrogen-bond donors (Lipinski definition) is 3. The zero-order valence-electron chi connectivity index (χ0n) is 17.8. The van der Waals surface area contributed by atoms with Gasteiger partial charge in [0.2, 0.25) is 0 Å². The number of para-hydroxylation sites is 1. The molecule has 35 heavy (non-hydrogen) atoms. The van der Waals surface area contributed by atoms with Gasteiger partial charge in [0, 0.05) is 24.5 Å². The minimum absolute atomic E-state index is 0.0969. The lowest BCUT2D eigenvalue weighted by Gasteiger charge is -2.24. The molecule has 0 bridgehead atoms. The monoisotopic (exact) mass is 528 g/mol. The molecule has 3 N–H and O–H groups in total. The smallest absolute Gasteiger partial charge is 0.336 e. The van der Waals surface area contributed by atoms with Crippen molar-refractivity contribution in [1.29, 1.82) is 0 Å². The van der Waals surface area contributed by atoms with Crippen molar-refractivity contribution in [3.05, 3.63) is 88.2 Å². The maximum atomic E-state index is 14.0. The Morgan fingerprint density at radius 2 is 1.63 bits per heavy atom. The molecule has 3 aromatic carbocycles. The van der Waals surface area contributed by atoms with Crippen molar-refractivity contribution in [3.8, 4) is 0 Å². The molecule has 0 aliphatic carbocycles. The van der Waals surface area contributed by atoms with Gasteiger partial charge in [-0.3, -0.25) is 4.90 Å². The van der Waals surface area contributed by atoms with E-state index in [1.807, 2.05) is 0 Å². The molecule has 0 unspecified atom stereocenters. The molecule has 0 aliphatic rings. The molecule has 0 saturated carbocycles. The molecule has 184 valence electrons. The third-order valence-electron chi connectivity index (χ3n) is 4.64. The van der Waals surface area contributed by atoms with E-state index in [4.69, 9.17) is 23.2 Å². The number of anilines is 3. The number of nitrogens with zero attached hydrogens (tertiary/aromatic N) is 1. The lowest BCUT2D eigenvalue weighted by molar-refractivity contribution is -0.137. The summed E-state index contributed by atoms with van der Waals surface area (Å²) in [6.45, 7) is -0.371. The van der Waals surface area contributed by atoms with Crippen molar-refractivity contribution in [2.75, 3.05) is 28.6 Å². The first-order valence-corrected chi connectivity index (χ1v) is 10.8. The Bertz CT molecular complexity index is 1220. The van der Waals surface area contributed by atoms with E-state index in [0.717, 1.165) is 29.2 Å². The number of carbonyl (C=O) groups is 2. The fourth-order valence-corrected chi connectivity index (χ4v) is 3.27. The standard InChI is InChI=1S/C23H18Cl2F4N4O2/c24-17-9-8-15(13-18(17)25)31-21(34)30-10-11-33(16-5-3-4-14(12-16)23(27,28)29)22(35)32-20-7-2-1-6-19(20)26/h1-9,12-13H,10-11H2,(H,32,35)(H2,30,31,34). The second-order valence-electron chi connectivity index (χ2n) is 7.12. The van der Waals surface area contributed by atoms with Gasteiger partial charge in [-0.15, -0.1) is 0 Å². The molecular weight excluding hydrogens is 511 g/mol. The Kier molecular flexibility index (Phi) is 8.42. The molecule has 3 rings (SSSR count). The van der Waals surface area contributed by atoms with Gasteiger partial charge in [-0.05, 0) is 48.5 Å². The lowest BCUT2D eigenvalue weighted by atomic mass is 10.2. The number of alkyl halides is 3. The van der Waals surface area contributed by atoms with Gasteiger partial charge in [0.1, 0.15) is 5.82 Å². The van der Waals surface area contributed by atoms with Gasteiger partial charge in [-0.2, -0.15) is 13.2 Å². The average molecular weight is 529 g/mol. The summed E-state index contributed by atoms with van der Waals surface area (Å²) < 4.78 is 53.6. The van der Waals surface area contributed by atoms with Crippen molar-refractivity contribution in [2.45, 2.75) is 6.18 Å². The van der Waals surface area contributed by atoms with Crippen LogP contribution in [0.3, 0.4) is 0 Å². The highest BCUT2D eigenvalue weighted by atomic mass is 35.5. The SMILES string of the molecule is O=C(NCCN(C(=O)Nc1ccccc1F)c1cccc(C(F)(F)F)c1)Nc1ccc(Cl)c(Cl)c1. The highest BCUT2D eigenvalue weighted by molar-refractivity contribution is 6.42. The molecule has 0 atom stereocenters. The first-order valence-electron chi connectivity index (χ1n) is 10.0. The van der Waals surface area contributed by atoms with Crippen molar-refractivity contribution in [2.24, 2.45) is 0 Å². The number of hydrogen-bond acceptors (Lipinski definition) is 2. The number of rotatable bonds is 6. The van der Waals surface area contributed by atoms with Crippen LogP contribution in [0.2, 0.25) is 10.0 Å². The van der Waals surface area contributed by atoms with Crippen LogP contribution in [0.5, 0.6) is 0 Å². The fraction of sp³-hybridized carbons (Fsp3) is 0.130. The second kappa shape index (κ2) is 11.3. The predicted molar refractivity (Wildman–Crippen MR) is 128 cm³/mol. The van der Waals surface area contributed by atoms with Crippen molar-refractivity contribution in [3.63, 3.8) is 0 Å². The third kappa shape index (κ3) is 7.24. The maximum absolute atomic E-state index is 14.0. The van der Waals surface area contributed by atoms with E-state index in [1.54, 1.807) is 0 Å². The molecule has 0 aromatic heterocycles. The number of carbonyl (C=O) groups excluding carboxylic acids is 2. The number of amides is 4. The average Bonchev–Trinajstić information content (AvgIpc) is 2.80. The third-order valence-corrected chi connectivity index (χ3v) is 5.38. The first-order chi connectivity index (χ1) is 16.5. The van der Waals surface area contributed by atoms with Crippen LogP contribution >= 0.6 is 23.2 Å². The Morgan fingerprint density at radius 3 is 2.31 bits per heavy atom. The zero-order valence-corrected chi connectivity index (χ0v) is 19.3. The van der Waals surface area contributed by atoms with Crippen LogP contribution in [-0.2, 0) is 6.18 Å². The van der Waals surface area contributed by atoms with E-state index in [9.17, 15) is 27.2 Å². The second-order valence-corrected chi connectivity index (χ2v) is 7.93. The van der Waals surface area contributed by atoms with Crippen molar-refractivity contribution < 1.29 is 27.2 Å². The van der Waals surface area contributed by atoms with Gasteiger partial charge in [0.05, 0.1) is 21.3 Å². The van der Waals surface area contributed by atoms with Crippen LogP contribution in [0.1, 0.15) is 5.56 Å². The molecule has 12 heteroatoms. The fourth-order valence-electron chi connectivity index (χ4n) is 2.97. The molecule has 0 spiro atoms. The predicted octanol–water partition coefficient (Wildman–Crippen LogP) is 7.01. The van der Waals surface area contributed by atoms with E-state index in [0.29, 0.717) is 10.7 Å². The van der Waals surface area contributed by atoms with E-state index in [-0.39, 0.29) is 29.5 Å². The van der Waals surface area contributed by atoms with Gasteiger partial charge in [0.15, 0.2) is 0 Å². The topological polar surface area (TPSA) is 73.5 Å². The van der Waals surface area contributed by atoms with Crippen LogP contribution in [0.15, 0.2) is 66.7 Å². The maximum Gasteiger partial charge on any atom is 0.416 e. The highest BCUT2D eigenvalue weighted by Crippen LogP contribution is 2.32. The van der Waals surface area contributed by atoms with E-state index in [1.165, 1.54) is 42.5 Å². The van der Waals surface area contributed by atoms with E-state index < -0.39 is 29.6 Å². The Morgan fingerprint density at radius 1 is 0.886 bits per heavy atom. The van der Waals surface area contributed by atoms with Gasteiger partial charge < -0.3 is 16.0 Å². The molecule has 0 radical (unpaired) electrons. The van der Waals surface area contributed by atoms with Gasteiger partial charge in [-0.1, -0.05) is 41.4 Å². The lowest BCUT2D eigenvalue weighted by Crippen LogP contribution is -2.42. The summed E-state index contributed by atoms with van der Waals surface area (Å²) in [7, 11) is 0. The summed E-state index contributed by atoms with van der Waals surface area (Å²) in [5.41, 5.74) is -0.868. The van der Waals surface area contributed by atoms with Gasteiger partial charge in [-0.25, -0.2) is 14.0 Å². The zero-order chi connectivity index (χ0) is 25.6. The Labute approximate surface area is 207 Å². The van der Waals surface area contributed by atoms with Crippen molar-refractivity contribution in [1.82, 2.24) is 5.32 Å². The van der Waals surface area contributed by atoms with E-state index in [2.05, 4.69) is 16.0 Å². The number of halogens is 6. The van der Waals surface area contributed by atoms with Crippen LogP contribution < -0.4 is 20.9 Å². The number of nitrogens with one attached hydrogen (secondary N) is 3. The molecule has 0 aliphatic heterocycles. The van der Waals surface area contributed by atoms with Gasteiger partial charge in [0.25, 0.3) is 0 Å². The van der Waals surface area contributed by atoms with Crippen molar-refractivity contribution >= 4 is 52.3 Å². The number of urea groups is 2. The molecule has 3 aromatic rings. The molecular formula is C23H18Cl2F4N4O2. The highest BCUT2D eigenvalue weighted by Gasteiger charge is 2.31. The molecule has 0 saturated heterocycles. The van der Waals surface area contributed by atoms with E-state index >= 15 is 0 Å². The first kappa shape index (κ1) is 26.1.